The Labute approximate surface area is 148 Å². The van der Waals surface area contributed by atoms with Crippen LogP contribution in [0.4, 0.5) is 0 Å². The number of nitrogens with zero attached hydrogens (tertiary/aromatic N) is 3. The Morgan fingerprint density at radius 1 is 1.12 bits per heavy atom. The van der Waals surface area contributed by atoms with Crippen molar-refractivity contribution in [2.24, 2.45) is 0 Å². The van der Waals surface area contributed by atoms with Crippen molar-refractivity contribution < 1.29 is 0 Å². The fraction of sp³-hybridized carbons (Fsp3) is 0.105. The van der Waals surface area contributed by atoms with Crippen LogP contribution in [0.3, 0.4) is 0 Å². The van der Waals surface area contributed by atoms with Crippen molar-refractivity contribution >= 4 is 17.2 Å². The monoisotopic (exact) mass is 350 g/mol. The summed E-state index contributed by atoms with van der Waals surface area (Å²) >= 11 is 5.95. The van der Waals surface area contributed by atoms with Gasteiger partial charge in [-0.15, -0.1) is 0 Å². The number of fused-ring (bicyclic) bond motifs is 1. The second-order valence-electron chi connectivity index (χ2n) is 5.68. The van der Waals surface area contributed by atoms with Crippen LogP contribution in [0, 0.1) is 0 Å². The zero-order valence-electron chi connectivity index (χ0n) is 13.5. The number of H-pyrrole nitrogens is 1. The zero-order valence-corrected chi connectivity index (χ0v) is 14.3. The number of hydrogen-bond donors (Lipinski definition) is 1. The molecule has 0 saturated heterocycles. The molecule has 124 valence electrons. The molecule has 0 aliphatic heterocycles. The van der Waals surface area contributed by atoms with Gasteiger partial charge in [-0.05, 0) is 30.7 Å². The molecule has 0 radical (unpaired) electrons. The number of aryl methyl sites for hydroxylation is 1. The molecule has 5 nitrogen and oxygen atoms in total. The first kappa shape index (κ1) is 15.6. The van der Waals surface area contributed by atoms with Crippen molar-refractivity contribution in [2.75, 3.05) is 0 Å². The number of hydrogen-bond acceptors (Lipinski definition) is 3. The Hall–Kier alpha value is -2.92. The standard InChI is InChI=1S/C19H15ClN4O/c1-2-14-18(15-5-3-4-10-21-15)19-22-16(11-17(25)24(19)23-14)12-6-8-13(20)9-7-12/h3-11,23H,2H2,1H3. The quantitative estimate of drug-likeness (QED) is 0.608. The molecule has 0 aliphatic rings. The van der Waals surface area contributed by atoms with Crippen LogP contribution in [0.15, 0.2) is 59.5 Å². The Morgan fingerprint density at radius 2 is 1.92 bits per heavy atom. The maximum Gasteiger partial charge on any atom is 0.273 e. The zero-order chi connectivity index (χ0) is 17.4. The van der Waals surface area contributed by atoms with Gasteiger partial charge in [0.1, 0.15) is 0 Å². The smallest absolute Gasteiger partial charge is 0.273 e. The molecule has 3 aromatic heterocycles. The van der Waals surface area contributed by atoms with Gasteiger partial charge in [-0.2, -0.15) is 0 Å². The second-order valence-corrected chi connectivity index (χ2v) is 6.12. The highest BCUT2D eigenvalue weighted by molar-refractivity contribution is 6.30. The third-order valence-corrected chi connectivity index (χ3v) is 4.36. The number of pyridine rings is 1. The van der Waals surface area contributed by atoms with E-state index in [4.69, 9.17) is 16.6 Å². The fourth-order valence-electron chi connectivity index (χ4n) is 2.89. The van der Waals surface area contributed by atoms with Gasteiger partial charge in [0.15, 0.2) is 5.65 Å². The fourth-order valence-corrected chi connectivity index (χ4v) is 3.01. The van der Waals surface area contributed by atoms with E-state index in [-0.39, 0.29) is 5.56 Å². The Balaban J connectivity index is 2.01. The Morgan fingerprint density at radius 3 is 2.60 bits per heavy atom. The van der Waals surface area contributed by atoms with Crippen LogP contribution in [0.2, 0.25) is 5.02 Å². The number of aromatic nitrogens is 4. The summed E-state index contributed by atoms with van der Waals surface area (Å²) in [6.45, 7) is 2.03. The molecule has 0 bridgehead atoms. The van der Waals surface area contributed by atoms with Crippen molar-refractivity contribution in [1.82, 2.24) is 19.6 Å². The number of aromatic amines is 1. The van der Waals surface area contributed by atoms with Gasteiger partial charge in [0.25, 0.3) is 5.56 Å². The van der Waals surface area contributed by atoms with E-state index < -0.39 is 0 Å². The van der Waals surface area contributed by atoms with Crippen LogP contribution in [0.5, 0.6) is 0 Å². The molecule has 1 aromatic carbocycles. The number of halogens is 1. The minimum absolute atomic E-state index is 0.160. The molecule has 0 fully saturated rings. The first-order valence-electron chi connectivity index (χ1n) is 7.99. The number of rotatable bonds is 3. The minimum Gasteiger partial charge on any atom is -0.293 e. The lowest BCUT2D eigenvalue weighted by molar-refractivity contribution is 0.859. The minimum atomic E-state index is -0.160. The Kier molecular flexibility index (Phi) is 3.86. The summed E-state index contributed by atoms with van der Waals surface area (Å²) in [7, 11) is 0. The van der Waals surface area contributed by atoms with Crippen LogP contribution in [-0.4, -0.2) is 19.6 Å². The molecule has 6 heteroatoms. The molecule has 4 rings (SSSR count). The molecule has 0 unspecified atom stereocenters. The first-order valence-corrected chi connectivity index (χ1v) is 8.37. The summed E-state index contributed by atoms with van der Waals surface area (Å²) in [5.74, 6) is 0. The average Bonchev–Trinajstić information content (AvgIpc) is 3.02. The lowest BCUT2D eigenvalue weighted by Gasteiger charge is -2.03. The molecule has 0 amide bonds. The summed E-state index contributed by atoms with van der Waals surface area (Å²) < 4.78 is 1.47. The summed E-state index contributed by atoms with van der Waals surface area (Å²) in [5.41, 5.74) is 4.45. The molecule has 3 heterocycles. The number of benzene rings is 1. The third-order valence-electron chi connectivity index (χ3n) is 4.11. The van der Waals surface area contributed by atoms with E-state index in [1.807, 2.05) is 37.3 Å². The summed E-state index contributed by atoms with van der Waals surface area (Å²) in [6.07, 6.45) is 2.48. The van der Waals surface area contributed by atoms with E-state index in [9.17, 15) is 4.79 Å². The van der Waals surface area contributed by atoms with Crippen molar-refractivity contribution in [1.29, 1.82) is 0 Å². The SMILES string of the molecule is CCc1[nH]n2c(=O)cc(-c3ccc(Cl)cc3)nc2c1-c1ccccn1. The van der Waals surface area contributed by atoms with Gasteiger partial charge < -0.3 is 0 Å². The molecule has 4 aromatic rings. The van der Waals surface area contributed by atoms with E-state index in [2.05, 4.69) is 10.1 Å². The highest BCUT2D eigenvalue weighted by Crippen LogP contribution is 2.27. The molecule has 0 spiro atoms. The molecular formula is C19H15ClN4O. The molecule has 25 heavy (non-hydrogen) atoms. The summed E-state index contributed by atoms with van der Waals surface area (Å²) in [5, 5.41) is 3.79. The topological polar surface area (TPSA) is 63.0 Å². The first-order chi connectivity index (χ1) is 12.2. The van der Waals surface area contributed by atoms with Crippen LogP contribution < -0.4 is 5.56 Å². The van der Waals surface area contributed by atoms with Crippen LogP contribution in [0.25, 0.3) is 28.2 Å². The van der Waals surface area contributed by atoms with E-state index in [1.165, 1.54) is 10.6 Å². The van der Waals surface area contributed by atoms with Gasteiger partial charge in [-0.25, -0.2) is 9.50 Å². The predicted octanol–water partition coefficient (Wildman–Crippen LogP) is 3.97. The third kappa shape index (κ3) is 2.72. The molecule has 0 aliphatic carbocycles. The number of nitrogens with one attached hydrogen (secondary N) is 1. The normalized spacial score (nSPS) is 11.1. The summed E-state index contributed by atoms with van der Waals surface area (Å²) in [4.78, 5) is 21.8. The van der Waals surface area contributed by atoms with Crippen molar-refractivity contribution in [3.8, 4) is 22.5 Å². The molecule has 1 N–H and O–H groups in total. The van der Waals surface area contributed by atoms with Gasteiger partial charge in [0.2, 0.25) is 0 Å². The van der Waals surface area contributed by atoms with Gasteiger partial charge in [-0.1, -0.05) is 36.7 Å². The molecular weight excluding hydrogens is 336 g/mol. The second kappa shape index (κ2) is 6.18. The highest BCUT2D eigenvalue weighted by atomic mass is 35.5. The maximum atomic E-state index is 12.6. The molecule has 0 atom stereocenters. The van der Waals surface area contributed by atoms with Crippen molar-refractivity contribution in [3.05, 3.63) is 75.8 Å². The van der Waals surface area contributed by atoms with Crippen molar-refractivity contribution in [3.63, 3.8) is 0 Å². The van der Waals surface area contributed by atoms with E-state index in [0.717, 1.165) is 28.9 Å². The van der Waals surface area contributed by atoms with Gasteiger partial charge in [0.05, 0.1) is 17.0 Å². The van der Waals surface area contributed by atoms with Crippen LogP contribution in [0.1, 0.15) is 12.6 Å². The lowest BCUT2D eigenvalue weighted by Crippen LogP contribution is -2.14. The van der Waals surface area contributed by atoms with Crippen molar-refractivity contribution in [2.45, 2.75) is 13.3 Å². The average molecular weight is 351 g/mol. The van der Waals surface area contributed by atoms with E-state index in [1.54, 1.807) is 18.3 Å². The largest absolute Gasteiger partial charge is 0.293 e. The van der Waals surface area contributed by atoms with Crippen LogP contribution >= 0.6 is 11.6 Å². The van der Waals surface area contributed by atoms with Gasteiger partial charge in [0, 0.05) is 28.5 Å². The van der Waals surface area contributed by atoms with E-state index in [0.29, 0.717) is 16.4 Å². The van der Waals surface area contributed by atoms with Gasteiger partial charge in [-0.3, -0.25) is 14.9 Å². The Bertz CT molecular complexity index is 1100. The highest BCUT2D eigenvalue weighted by Gasteiger charge is 2.17. The lowest BCUT2D eigenvalue weighted by atomic mass is 10.1. The van der Waals surface area contributed by atoms with Gasteiger partial charge >= 0.3 is 0 Å². The predicted molar refractivity (Wildman–Crippen MR) is 98.9 cm³/mol. The summed E-state index contributed by atoms with van der Waals surface area (Å²) in [6, 6.07) is 14.5. The molecule has 0 saturated carbocycles. The van der Waals surface area contributed by atoms with E-state index >= 15 is 0 Å². The van der Waals surface area contributed by atoms with Crippen LogP contribution in [-0.2, 0) is 6.42 Å². The maximum absolute atomic E-state index is 12.6.